The summed E-state index contributed by atoms with van der Waals surface area (Å²) in [5, 5.41) is 0. The fourth-order valence-corrected chi connectivity index (χ4v) is 2.29. The highest BCUT2D eigenvalue weighted by Gasteiger charge is 2.11. The van der Waals surface area contributed by atoms with Crippen LogP contribution in [0.1, 0.15) is 22.4 Å². The smallest absolute Gasteiger partial charge is 0.123 e. The Morgan fingerprint density at radius 3 is 2.35 bits per heavy atom. The molecular formula is C15H18N2. The summed E-state index contributed by atoms with van der Waals surface area (Å²) in [4.78, 5) is 4.36. The van der Waals surface area contributed by atoms with Crippen LogP contribution in [0.5, 0.6) is 0 Å². The molecule has 1 aromatic heterocycles. The second-order valence-corrected chi connectivity index (χ2v) is 4.57. The van der Waals surface area contributed by atoms with Gasteiger partial charge < -0.3 is 5.73 Å². The van der Waals surface area contributed by atoms with E-state index >= 15 is 0 Å². The predicted octanol–water partition coefficient (Wildman–Crippen LogP) is 3.56. The first-order valence-corrected chi connectivity index (χ1v) is 5.81. The first-order valence-electron chi connectivity index (χ1n) is 5.81. The van der Waals surface area contributed by atoms with Crippen LogP contribution < -0.4 is 5.73 Å². The van der Waals surface area contributed by atoms with Gasteiger partial charge in [0.15, 0.2) is 0 Å². The van der Waals surface area contributed by atoms with Gasteiger partial charge in [0.25, 0.3) is 0 Å². The van der Waals surface area contributed by atoms with Crippen LogP contribution in [-0.4, -0.2) is 4.98 Å². The summed E-state index contributed by atoms with van der Waals surface area (Å²) < 4.78 is 0. The molecule has 88 valence electrons. The Morgan fingerprint density at radius 2 is 1.71 bits per heavy atom. The van der Waals surface area contributed by atoms with E-state index in [0.29, 0.717) is 5.82 Å². The Hall–Kier alpha value is -1.83. The zero-order valence-corrected chi connectivity index (χ0v) is 10.8. The minimum absolute atomic E-state index is 0.592. The quantitative estimate of drug-likeness (QED) is 0.807. The highest BCUT2D eigenvalue weighted by molar-refractivity contribution is 5.74. The maximum atomic E-state index is 5.76. The van der Waals surface area contributed by atoms with Gasteiger partial charge in [0.05, 0.1) is 0 Å². The molecule has 0 saturated heterocycles. The number of nitrogens with two attached hydrogens (primary N) is 1. The van der Waals surface area contributed by atoms with Crippen molar-refractivity contribution in [2.75, 3.05) is 5.73 Å². The molecule has 0 radical (unpaired) electrons. The number of hydrogen-bond donors (Lipinski definition) is 1. The third-order valence-corrected chi connectivity index (χ3v) is 3.29. The standard InChI is InChI=1S/C15H18N2/c1-9-6-5-7-13(11(9)3)15-10(2)8-14(16)17-12(15)4/h5-8H,1-4H3,(H2,16,17). The molecule has 2 nitrogen and oxygen atoms in total. The topological polar surface area (TPSA) is 38.9 Å². The van der Waals surface area contributed by atoms with Gasteiger partial charge in [-0.1, -0.05) is 18.2 Å². The van der Waals surface area contributed by atoms with E-state index in [1.54, 1.807) is 0 Å². The number of nitrogen functional groups attached to an aromatic ring is 1. The van der Waals surface area contributed by atoms with Crippen molar-refractivity contribution in [3.05, 3.63) is 46.6 Å². The van der Waals surface area contributed by atoms with E-state index in [1.807, 2.05) is 13.0 Å². The summed E-state index contributed by atoms with van der Waals surface area (Å²) >= 11 is 0. The summed E-state index contributed by atoms with van der Waals surface area (Å²) in [7, 11) is 0. The Labute approximate surface area is 103 Å². The van der Waals surface area contributed by atoms with Crippen LogP contribution in [0.3, 0.4) is 0 Å². The van der Waals surface area contributed by atoms with Gasteiger partial charge in [-0.05, 0) is 56.0 Å². The zero-order valence-electron chi connectivity index (χ0n) is 10.8. The lowest BCUT2D eigenvalue weighted by molar-refractivity contribution is 1.18. The molecule has 0 saturated carbocycles. The van der Waals surface area contributed by atoms with Crippen LogP contribution >= 0.6 is 0 Å². The zero-order chi connectivity index (χ0) is 12.6. The van der Waals surface area contributed by atoms with E-state index in [0.717, 1.165) is 5.69 Å². The monoisotopic (exact) mass is 226 g/mol. The van der Waals surface area contributed by atoms with Crippen LogP contribution in [-0.2, 0) is 0 Å². The first kappa shape index (κ1) is 11.6. The van der Waals surface area contributed by atoms with E-state index in [2.05, 4.69) is 44.0 Å². The molecule has 1 heterocycles. The number of hydrogen-bond acceptors (Lipinski definition) is 2. The number of nitrogens with zero attached hydrogens (tertiary/aromatic N) is 1. The average Bonchev–Trinajstić information content (AvgIpc) is 2.23. The lowest BCUT2D eigenvalue weighted by Gasteiger charge is -2.14. The van der Waals surface area contributed by atoms with Crippen molar-refractivity contribution in [1.29, 1.82) is 0 Å². The molecule has 2 N–H and O–H groups in total. The van der Waals surface area contributed by atoms with Gasteiger partial charge in [-0.2, -0.15) is 0 Å². The van der Waals surface area contributed by atoms with Crippen molar-refractivity contribution >= 4 is 5.82 Å². The maximum absolute atomic E-state index is 5.76. The number of benzene rings is 1. The highest BCUT2D eigenvalue weighted by atomic mass is 14.8. The molecule has 2 aromatic rings. The molecule has 0 spiro atoms. The number of aryl methyl sites for hydroxylation is 3. The minimum atomic E-state index is 0.592. The largest absolute Gasteiger partial charge is 0.384 e. The van der Waals surface area contributed by atoms with Crippen LogP contribution in [0.25, 0.3) is 11.1 Å². The van der Waals surface area contributed by atoms with Gasteiger partial charge in [0.1, 0.15) is 5.82 Å². The van der Waals surface area contributed by atoms with Crippen molar-refractivity contribution in [2.45, 2.75) is 27.7 Å². The number of rotatable bonds is 1. The van der Waals surface area contributed by atoms with Crippen molar-refractivity contribution in [1.82, 2.24) is 4.98 Å². The Kier molecular flexibility index (Phi) is 2.88. The highest BCUT2D eigenvalue weighted by Crippen LogP contribution is 2.31. The molecule has 0 atom stereocenters. The molecule has 2 heteroatoms. The predicted molar refractivity (Wildman–Crippen MR) is 73.0 cm³/mol. The van der Waals surface area contributed by atoms with Crippen LogP contribution in [0.2, 0.25) is 0 Å². The summed E-state index contributed by atoms with van der Waals surface area (Å²) in [5.74, 6) is 0.592. The van der Waals surface area contributed by atoms with Gasteiger partial charge >= 0.3 is 0 Å². The summed E-state index contributed by atoms with van der Waals surface area (Å²) in [5.41, 5.74) is 13.0. The average molecular weight is 226 g/mol. The van der Waals surface area contributed by atoms with Crippen LogP contribution in [0.4, 0.5) is 5.82 Å². The lowest BCUT2D eigenvalue weighted by Crippen LogP contribution is -1.99. The van der Waals surface area contributed by atoms with E-state index in [1.165, 1.54) is 27.8 Å². The van der Waals surface area contributed by atoms with Crippen LogP contribution in [0.15, 0.2) is 24.3 Å². The summed E-state index contributed by atoms with van der Waals surface area (Å²) in [6.07, 6.45) is 0. The van der Waals surface area contributed by atoms with Gasteiger partial charge in [0.2, 0.25) is 0 Å². The SMILES string of the molecule is Cc1cccc(-c2c(C)cc(N)nc2C)c1C. The van der Waals surface area contributed by atoms with Crippen molar-refractivity contribution < 1.29 is 0 Å². The lowest BCUT2D eigenvalue weighted by atomic mass is 9.93. The first-order chi connectivity index (χ1) is 8.00. The van der Waals surface area contributed by atoms with E-state index < -0.39 is 0 Å². The van der Waals surface area contributed by atoms with Crippen molar-refractivity contribution in [3.63, 3.8) is 0 Å². The third kappa shape index (κ3) is 2.03. The molecule has 2 rings (SSSR count). The van der Waals surface area contributed by atoms with Gasteiger partial charge in [-0.15, -0.1) is 0 Å². The molecule has 0 amide bonds. The molecule has 0 aliphatic heterocycles. The Bertz CT molecular complexity index is 548. The summed E-state index contributed by atoms with van der Waals surface area (Å²) in [6, 6.07) is 8.31. The molecular weight excluding hydrogens is 208 g/mol. The second-order valence-electron chi connectivity index (χ2n) is 4.57. The number of anilines is 1. The van der Waals surface area contributed by atoms with Crippen molar-refractivity contribution in [3.8, 4) is 11.1 Å². The summed E-state index contributed by atoms with van der Waals surface area (Å²) in [6.45, 7) is 8.39. The fourth-order valence-electron chi connectivity index (χ4n) is 2.29. The minimum Gasteiger partial charge on any atom is -0.384 e. The third-order valence-electron chi connectivity index (χ3n) is 3.29. The van der Waals surface area contributed by atoms with Crippen molar-refractivity contribution in [2.24, 2.45) is 0 Å². The number of pyridine rings is 1. The molecule has 0 fully saturated rings. The van der Waals surface area contributed by atoms with Gasteiger partial charge in [-0.3, -0.25) is 0 Å². The van der Waals surface area contributed by atoms with Gasteiger partial charge in [-0.25, -0.2) is 4.98 Å². The van der Waals surface area contributed by atoms with E-state index in [9.17, 15) is 0 Å². The molecule has 1 aromatic carbocycles. The fraction of sp³-hybridized carbons (Fsp3) is 0.267. The number of aromatic nitrogens is 1. The second kappa shape index (κ2) is 4.21. The van der Waals surface area contributed by atoms with E-state index in [-0.39, 0.29) is 0 Å². The van der Waals surface area contributed by atoms with Crippen LogP contribution in [0, 0.1) is 27.7 Å². The van der Waals surface area contributed by atoms with E-state index in [4.69, 9.17) is 5.73 Å². The molecule has 17 heavy (non-hydrogen) atoms. The molecule has 0 aliphatic rings. The normalized spacial score (nSPS) is 10.6. The van der Waals surface area contributed by atoms with Gasteiger partial charge in [0, 0.05) is 11.3 Å². The maximum Gasteiger partial charge on any atom is 0.123 e. The molecule has 0 aliphatic carbocycles. The Balaban J connectivity index is 2.73. The molecule has 0 bridgehead atoms. The molecule has 0 unspecified atom stereocenters. The Morgan fingerprint density at radius 1 is 1.00 bits per heavy atom.